The minimum atomic E-state index is -3.18. The number of alkyl halides is 4. The third-order valence-electron chi connectivity index (χ3n) is 6.16. The van der Waals surface area contributed by atoms with Crippen LogP contribution in [0.4, 0.5) is 23.5 Å². The molecule has 1 fully saturated rings. The molecule has 10 nitrogen and oxygen atoms in total. The van der Waals surface area contributed by atoms with Crippen molar-refractivity contribution in [3.8, 4) is 17.0 Å². The van der Waals surface area contributed by atoms with E-state index in [1.807, 2.05) is 0 Å². The summed E-state index contributed by atoms with van der Waals surface area (Å²) in [4.78, 5) is 16.9. The number of likely N-dealkylation sites (tertiary alicyclic amines) is 1. The number of hydrogen-bond acceptors (Lipinski definition) is 7. The van der Waals surface area contributed by atoms with E-state index < -0.39 is 37.4 Å². The number of methoxy groups -OCH3 is 1. The van der Waals surface area contributed by atoms with Crippen LogP contribution >= 0.6 is 0 Å². The van der Waals surface area contributed by atoms with Gasteiger partial charge >= 0.3 is 0 Å². The third-order valence-corrected chi connectivity index (χ3v) is 6.16. The number of rotatable bonds is 6. The zero-order valence-electron chi connectivity index (χ0n) is 19.3. The molecule has 14 heteroatoms. The van der Waals surface area contributed by atoms with Gasteiger partial charge < -0.3 is 15.0 Å². The van der Waals surface area contributed by atoms with Crippen LogP contribution in [0.2, 0.25) is 0 Å². The van der Waals surface area contributed by atoms with E-state index in [9.17, 15) is 22.4 Å². The lowest BCUT2D eigenvalue weighted by Gasteiger charge is -2.38. The van der Waals surface area contributed by atoms with Crippen molar-refractivity contribution < 1.29 is 27.1 Å². The predicted octanol–water partition coefficient (Wildman–Crippen LogP) is 3.08. The Hall–Kier alpha value is -3.97. The predicted molar refractivity (Wildman–Crippen MR) is 121 cm³/mol. The second kappa shape index (κ2) is 8.91. The van der Waals surface area contributed by atoms with Crippen molar-refractivity contribution in [2.45, 2.75) is 38.3 Å². The van der Waals surface area contributed by atoms with Crippen molar-refractivity contribution in [3.63, 3.8) is 0 Å². The van der Waals surface area contributed by atoms with Gasteiger partial charge in [0.05, 0.1) is 25.2 Å². The van der Waals surface area contributed by atoms with Crippen molar-refractivity contribution in [1.29, 1.82) is 0 Å². The van der Waals surface area contributed by atoms with Crippen molar-refractivity contribution in [3.05, 3.63) is 30.5 Å². The van der Waals surface area contributed by atoms with Crippen LogP contribution in [-0.4, -0.2) is 79.0 Å². The van der Waals surface area contributed by atoms with E-state index in [0.717, 1.165) is 9.58 Å². The van der Waals surface area contributed by atoms with E-state index >= 15 is 0 Å². The molecule has 0 aliphatic carbocycles. The van der Waals surface area contributed by atoms with Gasteiger partial charge in [-0.15, -0.1) is 10.2 Å². The maximum atomic E-state index is 14.7. The Labute approximate surface area is 201 Å². The Morgan fingerprint density at radius 1 is 1.31 bits per heavy atom. The number of fused-ring (bicyclic) bond motifs is 2. The number of nitrogens with one attached hydrogen (secondary N) is 1. The number of piperidine rings is 1. The molecule has 4 heterocycles. The highest BCUT2D eigenvalue weighted by atomic mass is 19.3. The third kappa shape index (κ3) is 4.27. The summed E-state index contributed by atoms with van der Waals surface area (Å²) in [7, 11) is 1.40. The zero-order valence-corrected chi connectivity index (χ0v) is 19.3. The summed E-state index contributed by atoms with van der Waals surface area (Å²) >= 11 is 0. The van der Waals surface area contributed by atoms with Crippen molar-refractivity contribution in [2.24, 2.45) is 0 Å². The second-order valence-electron chi connectivity index (χ2n) is 8.52. The van der Waals surface area contributed by atoms with Gasteiger partial charge in [-0.05, 0) is 30.2 Å². The molecular formula is C22H22F4N8O2. The van der Waals surface area contributed by atoms with E-state index in [2.05, 4.69) is 25.7 Å². The van der Waals surface area contributed by atoms with Gasteiger partial charge in [0, 0.05) is 25.2 Å². The molecule has 3 aromatic heterocycles. The molecule has 0 radical (unpaired) electrons. The molecule has 1 unspecified atom stereocenters. The van der Waals surface area contributed by atoms with E-state index in [1.165, 1.54) is 18.5 Å². The Morgan fingerprint density at radius 3 is 2.81 bits per heavy atom. The fraction of sp³-hybridized carbons (Fsp3) is 0.409. The first-order valence-electron chi connectivity index (χ1n) is 11.1. The molecule has 1 aromatic carbocycles. The lowest BCUT2D eigenvalue weighted by Crippen LogP contribution is -2.55. The van der Waals surface area contributed by atoms with Crippen LogP contribution in [0.25, 0.3) is 27.7 Å². The minimum absolute atomic E-state index is 0.0214. The Bertz CT molecular complexity index is 1440. The molecule has 36 heavy (non-hydrogen) atoms. The summed E-state index contributed by atoms with van der Waals surface area (Å²) in [5.41, 5.74) is 2.67. The van der Waals surface area contributed by atoms with Crippen LogP contribution in [0.3, 0.4) is 0 Å². The number of carbonyl (C=O) groups is 1. The summed E-state index contributed by atoms with van der Waals surface area (Å²) in [5.74, 6) is -3.51. The number of aromatic nitrogens is 6. The first-order chi connectivity index (χ1) is 17.2. The molecule has 1 amide bonds. The Kier molecular flexibility index (Phi) is 5.88. The fourth-order valence-corrected chi connectivity index (χ4v) is 4.37. The molecule has 1 aliphatic rings. The van der Waals surface area contributed by atoms with Gasteiger partial charge in [-0.25, -0.2) is 26.8 Å². The lowest BCUT2D eigenvalue weighted by atomic mass is 10.0. The van der Waals surface area contributed by atoms with E-state index in [-0.39, 0.29) is 24.8 Å². The molecule has 5 rings (SSSR count). The van der Waals surface area contributed by atoms with Crippen LogP contribution in [0, 0.1) is 0 Å². The fourth-order valence-electron chi connectivity index (χ4n) is 4.37. The normalized spacial score (nSPS) is 17.8. The Morgan fingerprint density at radius 2 is 2.11 bits per heavy atom. The molecule has 0 saturated carbocycles. The zero-order chi connectivity index (χ0) is 25.6. The molecule has 1 atom stereocenters. The topological polar surface area (TPSA) is 102 Å². The quantitative estimate of drug-likeness (QED) is 0.401. The number of benzene rings is 1. The van der Waals surface area contributed by atoms with Crippen LogP contribution < -0.4 is 10.1 Å². The maximum absolute atomic E-state index is 14.7. The molecule has 190 valence electrons. The molecule has 1 N–H and O–H groups in total. The number of nitrogens with zero attached hydrogens (tertiary/aromatic N) is 7. The molecule has 1 saturated heterocycles. The van der Waals surface area contributed by atoms with Gasteiger partial charge in [0.15, 0.2) is 0 Å². The molecule has 1 aliphatic heterocycles. The van der Waals surface area contributed by atoms with Crippen molar-refractivity contribution in [2.75, 3.05) is 25.5 Å². The van der Waals surface area contributed by atoms with Crippen molar-refractivity contribution >= 4 is 28.4 Å². The summed E-state index contributed by atoms with van der Waals surface area (Å²) < 4.78 is 63.3. The molecule has 0 spiro atoms. The molecule has 0 bridgehead atoms. The largest absolute Gasteiger partial charge is 0.479 e. The van der Waals surface area contributed by atoms with E-state index in [1.54, 1.807) is 30.5 Å². The Balaban J connectivity index is 1.48. The van der Waals surface area contributed by atoms with Crippen LogP contribution in [0.1, 0.15) is 13.3 Å². The molecule has 4 aromatic rings. The van der Waals surface area contributed by atoms with Gasteiger partial charge in [0.1, 0.15) is 17.6 Å². The average Bonchev–Trinajstić information content (AvgIpc) is 3.43. The summed E-state index contributed by atoms with van der Waals surface area (Å²) in [6.07, 6.45) is -0.946. The van der Waals surface area contributed by atoms with Gasteiger partial charge in [-0.3, -0.25) is 4.79 Å². The van der Waals surface area contributed by atoms with E-state index in [4.69, 9.17) is 4.74 Å². The standard InChI is InChI=1S/C22H22F4N8O2/c1-12(35)32-7-6-17(22(25,26)11-32)27-21-28-20(36-2)19-14(5-8-33(19)30-21)13-3-4-15-16(9-13)34(31-29-15)10-18(23)24/h3-5,8-9,17-18H,6-7,10-11H2,1-2H3,(H,27,30). The molecular weight excluding hydrogens is 484 g/mol. The SMILES string of the molecule is COc1nc(NC2CCN(C(C)=O)CC2(F)F)nn2ccc(-c3ccc4nnn(CC(F)F)c4c3)c12. The van der Waals surface area contributed by atoms with Crippen LogP contribution in [0.15, 0.2) is 30.5 Å². The smallest absolute Gasteiger partial charge is 0.285 e. The number of amides is 1. The highest BCUT2D eigenvalue weighted by Gasteiger charge is 2.45. The minimum Gasteiger partial charge on any atom is -0.479 e. The van der Waals surface area contributed by atoms with Crippen LogP contribution in [0.5, 0.6) is 5.88 Å². The maximum Gasteiger partial charge on any atom is 0.285 e. The van der Waals surface area contributed by atoms with Crippen molar-refractivity contribution in [1.82, 2.24) is 34.5 Å². The highest BCUT2D eigenvalue weighted by molar-refractivity contribution is 5.89. The van der Waals surface area contributed by atoms with E-state index in [0.29, 0.717) is 27.7 Å². The monoisotopic (exact) mass is 506 g/mol. The van der Waals surface area contributed by atoms with Gasteiger partial charge in [-0.1, -0.05) is 11.3 Å². The number of ether oxygens (including phenoxy) is 1. The number of carbonyl (C=O) groups excluding carboxylic acids is 1. The second-order valence-corrected chi connectivity index (χ2v) is 8.52. The van der Waals surface area contributed by atoms with Gasteiger partial charge in [0.25, 0.3) is 12.3 Å². The first-order valence-corrected chi connectivity index (χ1v) is 11.1. The van der Waals surface area contributed by atoms with Gasteiger partial charge in [0.2, 0.25) is 17.7 Å². The number of anilines is 1. The lowest BCUT2D eigenvalue weighted by molar-refractivity contribution is -0.140. The summed E-state index contributed by atoms with van der Waals surface area (Å²) in [6.45, 7) is 0.172. The highest BCUT2D eigenvalue weighted by Crippen LogP contribution is 2.34. The van der Waals surface area contributed by atoms with Gasteiger partial charge in [-0.2, -0.15) is 4.98 Å². The summed E-state index contributed by atoms with van der Waals surface area (Å²) in [6, 6.07) is 5.58. The average molecular weight is 506 g/mol. The number of halogens is 4. The first kappa shape index (κ1) is 23.8. The van der Waals surface area contributed by atoms with Crippen LogP contribution in [-0.2, 0) is 11.3 Å². The number of hydrogen-bond donors (Lipinski definition) is 1. The summed E-state index contributed by atoms with van der Waals surface area (Å²) in [5, 5.41) is 14.7.